The Morgan fingerprint density at radius 1 is 1.15 bits per heavy atom. The smallest absolute Gasteiger partial charge is 0.00395 e. The molecule has 0 saturated heterocycles. The summed E-state index contributed by atoms with van der Waals surface area (Å²) in [5.41, 5.74) is 3.05. The van der Waals surface area contributed by atoms with E-state index in [1.807, 2.05) is 0 Å². The number of hydrogen-bond acceptors (Lipinski definition) is 0. The second-order valence-corrected chi connectivity index (χ2v) is 4.98. The van der Waals surface area contributed by atoms with E-state index in [4.69, 9.17) is 0 Å². The molecule has 0 fully saturated rings. The van der Waals surface area contributed by atoms with Crippen LogP contribution in [0.5, 0.6) is 0 Å². The van der Waals surface area contributed by atoms with Crippen molar-refractivity contribution in [3.63, 3.8) is 0 Å². The monoisotopic (exact) mass is 240 g/mol. The van der Waals surface area contributed by atoms with Crippen LogP contribution in [-0.4, -0.2) is 5.33 Å². The molecule has 0 atom stereocenters. The van der Waals surface area contributed by atoms with Gasteiger partial charge < -0.3 is 0 Å². The molecule has 72 valence electrons. The molecular weight excluding hydrogens is 224 g/mol. The molecule has 0 saturated carbocycles. The summed E-state index contributed by atoms with van der Waals surface area (Å²) in [7, 11) is 0. The largest absolute Gasteiger partial charge is 0.0928 e. The Kier molecular flexibility index (Phi) is 3.55. The van der Waals surface area contributed by atoms with E-state index in [0.717, 1.165) is 5.33 Å². The van der Waals surface area contributed by atoms with E-state index < -0.39 is 0 Å². The summed E-state index contributed by atoms with van der Waals surface area (Å²) in [6.45, 7) is 6.71. The molecule has 0 aliphatic carbocycles. The standard InChI is InChI=1S/C12H17Br/c1-10-4-6-11(7-5-10)12(2,3)8-9-13/h4-7H,8-9H2,1-3H3. The van der Waals surface area contributed by atoms with E-state index in [1.54, 1.807) is 0 Å². The fourth-order valence-electron chi connectivity index (χ4n) is 1.39. The first kappa shape index (κ1) is 10.8. The lowest BCUT2D eigenvalue weighted by Gasteiger charge is -2.24. The summed E-state index contributed by atoms with van der Waals surface area (Å²) in [5.74, 6) is 0. The van der Waals surface area contributed by atoms with Gasteiger partial charge in [0, 0.05) is 5.33 Å². The van der Waals surface area contributed by atoms with Crippen LogP contribution in [0.15, 0.2) is 24.3 Å². The Hall–Kier alpha value is -0.300. The van der Waals surface area contributed by atoms with Gasteiger partial charge in [-0.05, 0) is 24.3 Å². The highest BCUT2D eigenvalue weighted by Crippen LogP contribution is 2.27. The molecule has 0 spiro atoms. The summed E-state index contributed by atoms with van der Waals surface area (Å²) in [6, 6.07) is 8.84. The van der Waals surface area contributed by atoms with Crippen LogP contribution in [0.25, 0.3) is 0 Å². The topological polar surface area (TPSA) is 0 Å². The van der Waals surface area contributed by atoms with Crippen molar-refractivity contribution in [1.82, 2.24) is 0 Å². The van der Waals surface area contributed by atoms with E-state index in [1.165, 1.54) is 17.5 Å². The van der Waals surface area contributed by atoms with Crippen LogP contribution < -0.4 is 0 Å². The Bertz CT molecular complexity index is 259. The van der Waals surface area contributed by atoms with Gasteiger partial charge in [-0.25, -0.2) is 0 Å². The van der Waals surface area contributed by atoms with Gasteiger partial charge in [-0.1, -0.05) is 59.6 Å². The van der Waals surface area contributed by atoms with Gasteiger partial charge in [0.25, 0.3) is 0 Å². The minimum Gasteiger partial charge on any atom is -0.0928 e. The molecule has 1 heteroatoms. The van der Waals surface area contributed by atoms with Crippen molar-refractivity contribution in [2.75, 3.05) is 5.33 Å². The van der Waals surface area contributed by atoms with Crippen molar-refractivity contribution in [3.8, 4) is 0 Å². The maximum absolute atomic E-state index is 3.50. The fraction of sp³-hybridized carbons (Fsp3) is 0.500. The molecule has 0 N–H and O–H groups in total. The maximum Gasteiger partial charge on any atom is 0.00395 e. The van der Waals surface area contributed by atoms with Crippen LogP contribution in [0.1, 0.15) is 31.4 Å². The minimum absolute atomic E-state index is 0.289. The van der Waals surface area contributed by atoms with Gasteiger partial charge in [0.2, 0.25) is 0 Å². The van der Waals surface area contributed by atoms with Crippen molar-refractivity contribution in [2.24, 2.45) is 0 Å². The van der Waals surface area contributed by atoms with E-state index in [2.05, 4.69) is 61.0 Å². The second-order valence-electron chi connectivity index (χ2n) is 4.19. The van der Waals surface area contributed by atoms with Crippen LogP contribution in [0.3, 0.4) is 0 Å². The zero-order valence-corrected chi connectivity index (χ0v) is 10.2. The molecule has 0 unspecified atom stereocenters. The normalized spacial score (nSPS) is 11.7. The van der Waals surface area contributed by atoms with Crippen molar-refractivity contribution >= 4 is 15.9 Å². The summed E-state index contributed by atoms with van der Waals surface area (Å²) >= 11 is 3.50. The Morgan fingerprint density at radius 2 is 1.69 bits per heavy atom. The number of halogens is 1. The summed E-state index contributed by atoms with van der Waals surface area (Å²) in [5, 5.41) is 1.06. The zero-order chi connectivity index (χ0) is 9.90. The zero-order valence-electron chi connectivity index (χ0n) is 8.60. The first-order valence-corrected chi connectivity index (χ1v) is 5.81. The SMILES string of the molecule is Cc1ccc(C(C)(C)CCBr)cc1. The maximum atomic E-state index is 3.50. The van der Waals surface area contributed by atoms with Gasteiger partial charge in [-0.3, -0.25) is 0 Å². The van der Waals surface area contributed by atoms with Crippen LogP contribution in [-0.2, 0) is 5.41 Å². The van der Waals surface area contributed by atoms with Crippen molar-refractivity contribution in [3.05, 3.63) is 35.4 Å². The van der Waals surface area contributed by atoms with Gasteiger partial charge >= 0.3 is 0 Å². The molecule has 0 nitrogen and oxygen atoms in total. The highest BCUT2D eigenvalue weighted by atomic mass is 79.9. The molecule has 0 heterocycles. The molecule has 0 aromatic heterocycles. The first-order valence-electron chi connectivity index (χ1n) is 4.69. The summed E-state index contributed by atoms with van der Waals surface area (Å²) in [6.07, 6.45) is 1.18. The lowest BCUT2D eigenvalue weighted by atomic mass is 9.82. The average Bonchev–Trinajstić information content (AvgIpc) is 2.05. The second kappa shape index (κ2) is 4.28. The quantitative estimate of drug-likeness (QED) is 0.700. The molecule has 1 rings (SSSR count). The molecule has 1 aromatic rings. The molecule has 0 aliphatic rings. The third kappa shape index (κ3) is 2.84. The van der Waals surface area contributed by atoms with E-state index in [-0.39, 0.29) is 5.41 Å². The average molecular weight is 241 g/mol. The van der Waals surface area contributed by atoms with Crippen LogP contribution in [0.2, 0.25) is 0 Å². The fourth-order valence-corrected chi connectivity index (χ4v) is 2.38. The van der Waals surface area contributed by atoms with Gasteiger partial charge in [0.15, 0.2) is 0 Å². The Morgan fingerprint density at radius 3 is 2.15 bits per heavy atom. The Balaban J connectivity index is 2.87. The first-order chi connectivity index (χ1) is 6.06. The third-order valence-corrected chi connectivity index (χ3v) is 2.95. The van der Waals surface area contributed by atoms with Crippen LogP contribution in [0, 0.1) is 6.92 Å². The lowest BCUT2D eigenvalue weighted by Crippen LogP contribution is -2.17. The third-order valence-electron chi connectivity index (χ3n) is 2.55. The highest BCUT2D eigenvalue weighted by molar-refractivity contribution is 9.09. The number of alkyl halides is 1. The molecule has 0 bridgehead atoms. The van der Waals surface area contributed by atoms with Crippen molar-refractivity contribution in [2.45, 2.75) is 32.6 Å². The predicted molar refractivity (Wildman–Crippen MR) is 62.6 cm³/mol. The number of benzene rings is 1. The van der Waals surface area contributed by atoms with Crippen molar-refractivity contribution in [1.29, 1.82) is 0 Å². The summed E-state index contributed by atoms with van der Waals surface area (Å²) in [4.78, 5) is 0. The number of hydrogen-bond donors (Lipinski definition) is 0. The highest BCUT2D eigenvalue weighted by Gasteiger charge is 2.18. The van der Waals surface area contributed by atoms with E-state index in [9.17, 15) is 0 Å². The van der Waals surface area contributed by atoms with Gasteiger partial charge in [0.05, 0.1) is 0 Å². The lowest BCUT2D eigenvalue weighted by molar-refractivity contribution is 0.512. The van der Waals surface area contributed by atoms with Crippen LogP contribution in [0.4, 0.5) is 0 Å². The van der Waals surface area contributed by atoms with Crippen molar-refractivity contribution < 1.29 is 0 Å². The molecule has 1 aromatic carbocycles. The number of aryl methyl sites for hydroxylation is 1. The molecule has 0 aliphatic heterocycles. The van der Waals surface area contributed by atoms with E-state index >= 15 is 0 Å². The number of rotatable bonds is 3. The van der Waals surface area contributed by atoms with Gasteiger partial charge in [-0.2, -0.15) is 0 Å². The van der Waals surface area contributed by atoms with Gasteiger partial charge in [0.1, 0.15) is 0 Å². The summed E-state index contributed by atoms with van der Waals surface area (Å²) < 4.78 is 0. The van der Waals surface area contributed by atoms with Gasteiger partial charge in [-0.15, -0.1) is 0 Å². The van der Waals surface area contributed by atoms with Crippen LogP contribution >= 0.6 is 15.9 Å². The minimum atomic E-state index is 0.289. The molecule has 13 heavy (non-hydrogen) atoms. The molecular formula is C12H17Br. The van der Waals surface area contributed by atoms with E-state index in [0.29, 0.717) is 0 Å². The predicted octanol–water partition coefficient (Wildman–Crippen LogP) is 4.06. The molecule has 0 amide bonds. The Labute approximate surface area is 89.5 Å². The molecule has 0 radical (unpaired) electrons.